The smallest absolute Gasteiger partial charge is 0.0849 e. The highest BCUT2D eigenvalue weighted by Gasteiger charge is 2.16. The molecule has 0 aliphatic heterocycles. The normalized spacial score (nSPS) is 13.2. The average Bonchev–Trinajstić information content (AvgIpc) is 2.67. The fourth-order valence-electron chi connectivity index (χ4n) is 2.62. The van der Waals surface area contributed by atoms with Crippen molar-refractivity contribution in [3.8, 4) is 0 Å². The molecule has 0 bridgehead atoms. The van der Waals surface area contributed by atoms with Gasteiger partial charge in [0, 0.05) is 13.1 Å². The number of rotatable bonds is 9. The first-order valence-corrected chi connectivity index (χ1v) is 8.30. The standard InChI is InChI=1S/C16H30ClN3/c1-6-10-18-13(11-12(3)4)8-9-15-16(17)14(7-2)19-20(15)5/h12-13,18H,6-11H2,1-5H3. The van der Waals surface area contributed by atoms with Gasteiger partial charge in [-0.15, -0.1) is 0 Å². The Kier molecular flexibility index (Phi) is 7.60. The number of aryl methyl sites for hydroxylation is 2. The van der Waals surface area contributed by atoms with Crippen LogP contribution in [0.5, 0.6) is 0 Å². The molecule has 0 aliphatic carbocycles. The lowest BCUT2D eigenvalue weighted by Crippen LogP contribution is -2.31. The molecule has 1 unspecified atom stereocenters. The van der Waals surface area contributed by atoms with E-state index in [9.17, 15) is 0 Å². The topological polar surface area (TPSA) is 29.9 Å². The Labute approximate surface area is 129 Å². The van der Waals surface area contributed by atoms with E-state index >= 15 is 0 Å². The molecule has 0 saturated heterocycles. The third kappa shape index (κ3) is 5.10. The summed E-state index contributed by atoms with van der Waals surface area (Å²) in [5.41, 5.74) is 2.20. The predicted molar refractivity (Wildman–Crippen MR) is 87.5 cm³/mol. The fraction of sp³-hybridized carbons (Fsp3) is 0.812. The first kappa shape index (κ1) is 17.5. The summed E-state index contributed by atoms with van der Waals surface area (Å²) in [6, 6.07) is 0.575. The van der Waals surface area contributed by atoms with Crippen LogP contribution in [0.15, 0.2) is 0 Å². The van der Waals surface area contributed by atoms with Gasteiger partial charge in [-0.05, 0) is 44.6 Å². The molecule has 0 aromatic carbocycles. The third-order valence-electron chi connectivity index (χ3n) is 3.67. The maximum absolute atomic E-state index is 6.42. The molecule has 4 heteroatoms. The van der Waals surface area contributed by atoms with E-state index in [1.165, 1.54) is 18.5 Å². The van der Waals surface area contributed by atoms with E-state index in [1.54, 1.807) is 0 Å². The Bertz CT molecular complexity index is 399. The van der Waals surface area contributed by atoms with Crippen LogP contribution >= 0.6 is 11.6 Å². The quantitative estimate of drug-likeness (QED) is 0.747. The maximum Gasteiger partial charge on any atom is 0.0849 e. The van der Waals surface area contributed by atoms with Gasteiger partial charge in [0.05, 0.1) is 16.4 Å². The van der Waals surface area contributed by atoms with Gasteiger partial charge in [0.15, 0.2) is 0 Å². The van der Waals surface area contributed by atoms with Gasteiger partial charge in [-0.1, -0.05) is 39.3 Å². The van der Waals surface area contributed by atoms with Gasteiger partial charge in [0.25, 0.3) is 0 Å². The lowest BCUT2D eigenvalue weighted by Gasteiger charge is -2.20. The van der Waals surface area contributed by atoms with Crippen molar-refractivity contribution < 1.29 is 0 Å². The van der Waals surface area contributed by atoms with Crippen LogP contribution in [0, 0.1) is 5.92 Å². The molecule has 1 N–H and O–H groups in total. The molecule has 0 amide bonds. The van der Waals surface area contributed by atoms with E-state index in [-0.39, 0.29) is 0 Å². The summed E-state index contributed by atoms with van der Waals surface area (Å²) >= 11 is 6.42. The second-order valence-electron chi connectivity index (χ2n) is 6.00. The Balaban J connectivity index is 2.64. The number of nitrogens with zero attached hydrogens (tertiary/aromatic N) is 2. The summed E-state index contributed by atoms with van der Waals surface area (Å²) in [6.07, 6.45) is 5.42. The molecule has 1 aromatic heterocycles. The molecule has 20 heavy (non-hydrogen) atoms. The first-order chi connectivity index (χ1) is 9.49. The Morgan fingerprint density at radius 1 is 1.30 bits per heavy atom. The van der Waals surface area contributed by atoms with Crippen molar-refractivity contribution in [2.24, 2.45) is 13.0 Å². The predicted octanol–water partition coefficient (Wildman–Crippen LogP) is 3.98. The molecule has 1 rings (SSSR count). The van der Waals surface area contributed by atoms with Crippen molar-refractivity contribution in [1.82, 2.24) is 15.1 Å². The van der Waals surface area contributed by atoms with Crippen LogP contribution in [-0.2, 0) is 19.9 Å². The lowest BCUT2D eigenvalue weighted by molar-refractivity contribution is 0.396. The van der Waals surface area contributed by atoms with E-state index in [2.05, 4.69) is 38.1 Å². The zero-order valence-corrected chi connectivity index (χ0v) is 14.4. The van der Waals surface area contributed by atoms with Crippen molar-refractivity contribution in [2.75, 3.05) is 6.54 Å². The Morgan fingerprint density at radius 3 is 2.50 bits per heavy atom. The summed E-state index contributed by atoms with van der Waals surface area (Å²) in [5.74, 6) is 0.720. The molecule has 116 valence electrons. The second-order valence-corrected chi connectivity index (χ2v) is 6.38. The molecule has 1 heterocycles. The number of nitrogens with one attached hydrogen (secondary N) is 1. The van der Waals surface area contributed by atoms with Gasteiger partial charge in [0.2, 0.25) is 0 Å². The molecule has 0 radical (unpaired) electrons. The summed E-state index contributed by atoms with van der Waals surface area (Å²) in [5, 5.41) is 9.02. The summed E-state index contributed by atoms with van der Waals surface area (Å²) in [6.45, 7) is 9.98. The number of hydrogen-bond donors (Lipinski definition) is 1. The van der Waals surface area contributed by atoms with Crippen LogP contribution in [0.25, 0.3) is 0 Å². The van der Waals surface area contributed by atoms with Crippen molar-refractivity contribution in [3.05, 3.63) is 16.4 Å². The Hall–Kier alpha value is -0.540. The highest BCUT2D eigenvalue weighted by molar-refractivity contribution is 6.31. The van der Waals surface area contributed by atoms with E-state index in [1.807, 2.05) is 11.7 Å². The zero-order valence-electron chi connectivity index (χ0n) is 13.7. The van der Waals surface area contributed by atoms with Crippen LogP contribution < -0.4 is 5.32 Å². The number of halogens is 1. The van der Waals surface area contributed by atoms with E-state index in [0.717, 1.165) is 42.4 Å². The SMILES string of the molecule is CCCNC(CCc1c(Cl)c(CC)nn1C)CC(C)C. The van der Waals surface area contributed by atoms with Gasteiger partial charge >= 0.3 is 0 Å². The van der Waals surface area contributed by atoms with Crippen molar-refractivity contribution in [1.29, 1.82) is 0 Å². The van der Waals surface area contributed by atoms with Gasteiger partial charge in [-0.3, -0.25) is 4.68 Å². The fourth-order valence-corrected chi connectivity index (χ4v) is 3.01. The summed E-state index contributed by atoms with van der Waals surface area (Å²) in [4.78, 5) is 0. The van der Waals surface area contributed by atoms with E-state index < -0.39 is 0 Å². The number of hydrogen-bond acceptors (Lipinski definition) is 2. The minimum Gasteiger partial charge on any atom is -0.314 e. The van der Waals surface area contributed by atoms with Crippen molar-refractivity contribution in [3.63, 3.8) is 0 Å². The van der Waals surface area contributed by atoms with E-state index in [4.69, 9.17) is 11.6 Å². The highest BCUT2D eigenvalue weighted by Crippen LogP contribution is 2.23. The first-order valence-electron chi connectivity index (χ1n) is 7.93. The molecular formula is C16H30ClN3. The Morgan fingerprint density at radius 2 is 2.00 bits per heavy atom. The minimum atomic E-state index is 0.575. The van der Waals surface area contributed by atoms with Gasteiger partial charge in [-0.25, -0.2) is 0 Å². The average molecular weight is 300 g/mol. The van der Waals surface area contributed by atoms with Crippen LogP contribution in [0.1, 0.15) is 58.3 Å². The molecular weight excluding hydrogens is 270 g/mol. The molecule has 1 aromatic rings. The largest absolute Gasteiger partial charge is 0.314 e. The van der Waals surface area contributed by atoms with E-state index in [0.29, 0.717) is 6.04 Å². The lowest BCUT2D eigenvalue weighted by atomic mass is 9.98. The van der Waals surface area contributed by atoms with Crippen molar-refractivity contribution in [2.45, 2.75) is 65.8 Å². The summed E-state index contributed by atoms with van der Waals surface area (Å²) in [7, 11) is 2.00. The van der Waals surface area contributed by atoms with Crippen LogP contribution in [0.2, 0.25) is 5.02 Å². The highest BCUT2D eigenvalue weighted by atomic mass is 35.5. The van der Waals surface area contributed by atoms with Crippen LogP contribution in [0.3, 0.4) is 0 Å². The monoisotopic (exact) mass is 299 g/mol. The van der Waals surface area contributed by atoms with Gasteiger partial charge in [-0.2, -0.15) is 5.10 Å². The maximum atomic E-state index is 6.42. The number of aromatic nitrogens is 2. The molecule has 0 fully saturated rings. The minimum absolute atomic E-state index is 0.575. The van der Waals surface area contributed by atoms with Gasteiger partial charge < -0.3 is 5.32 Å². The zero-order chi connectivity index (χ0) is 15.1. The summed E-state index contributed by atoms with van der Waals surface area (Å²) < 4.78 is 1.95. The third-order valence-corrected chi connectivity index (χ3v) is 4.11. The molecule has 3 nitrogen and oxygen atoms in total. The van der Waals surface area contributed by atoms with Crippen LogP contribution in [0.4, 0.5) is 0 Å². The molecule has 0 spiro atoms. The van der Waals surface area contributed by atoms with Crippen LogP contribution in [-0.4, -0.2) is 22.4 Å². The molecule has 1 atom stereocenters. The second kappa shape index (κ2) is 8.68. The molecule has 0 saturated carbocycles. The van der Waals surface area contributed by atoms with Crippen molar-refractivity contribution >= 4 is 11.6 Å². The van der Waals surface area contributed by atoms with Gasteiger partial charge in [0.1, 0.15) is 0 Å². The molecule has 0 aliphatic rings.